The first-order chi connectivity index (χ1) is 16.5. The van der Waals surface area contributed by atoms with Crippen LogP contribution < -0.4 is 5.32 Å². The molecule has 0 aliphatic carbocycles. The van der Waals surface area contributed by atoms with Crippen LogP contribution >= 0.6 is 0 Å². The summed E-state index contributed by atoms with van der Waals surface area (Å²) in [7, 11) is 4.13. The Morgan fingerprint density at radius 2 is 1.65 bits per heavy atom. The van der Waals surface area contributed by atoms with Crippen LogP contribution in [0.1, 0.15) is 29.8 Å². The molecule has 0 saturated heterocycles. The van der Waals surface area contributed by atoms with Crippen LogP contribution in [0, 0.1) is 0 Å². The number of hydrogen-bond donors (Lipinski definition) is 1. The fourth-order valence-electron chi connectivity index (χ4n) is 4.01. The van der Waals surface area contributed by atoms with Crippen LogP contribution in [0.5, 0.6) is 0 Å². The van der Waals surface area contributed by atoms with Gasteiger partial charge in [0.25, 0.3) is 5.91 Å². The van der Waals surface area contributed by atoms with Gasteiger partial charge in [-0.05, 0) is 69.9 Å². The van der Waals surface area contributed by atoms with Crippen molar-refractivity contribution in [3.8, 4) is 11.3 Å². The molecule has 6 heteroatoms. The molecule has 1 N–H and O–H groups in total. The number of carbonyl (C=O) groups excluding carboxylic acids is 1. The van der Waals surface area contributed by atoms with Crippen molar-refractivity contribution in [1.29, 1.82) is 0 Å². The Labute approximate surface area is 201 Å². The summed E-state index contributed by atoms with van der Waals surface area (Å²) in [6, 6.07) is 20.1. The lowest BCUT2D eigenvalue weighted by Gasteiger charge is -2.18. The van der Waals surface area contributed by atoms with E-state index in [-0.39, 0.29) is 5.91 Å². The lowest BCUT2D eigenvalue weighted by molar-refractivity contribution is 0.0773. The summed E-state index contributed by atoms with van der Waals surface area (Å²) in [5, 5.41) is 4.50. The maximum atomic E-state index is 12.7. The highest BCUT2D eigenvalue weighted by Crippen LogP contribution is 2.30. The molecule has 2 aromatic heterocycles. The van der Waals surface area contributed by atoms with Gasteiger partial charge in [-0.25, -0.2) is 4.98 Å². The van der Waals surface area contributed by atoms with Gasteiger partial charge in [0.2, 0.25) is 0 Å². The van der Waals surface area contributed by atoms with Crippen LogP contribution in [0.2, 0.25) is 0 Å². The maximum absolute atomic E-state index is 12.7. The zero-order valence-electron chi connectivity index (χ0n) is 20.2. The van der Waals surface area contributed by atoms with Crippen LogP contribution in [0.4, 0.5) is 11.4 Å². The lowest BCUT2D eigenvalue weighted by Crippen LogP contribution is -2.30. The van der Waals surface area contributed by atoms with Crippen LogP contribution in [-0.4, -0.2) is 52.9 Å². The predicted molar refractivity (Wildman–Crippen MR) is 139 cm³/mol. The van der Waals surface area contributed by atoms with Gasteiger partial charge in [-0.1, -0.05) is 24.3 Å². The number of fused-ring (bicyclic) bond motifs is 1. The van der Waals surface area contributed by atoms with Crippen LogP contribution in [0.25, 0.3) is 22.2 Å². The largest absolute Gasteiger partial charge is 0.355 e. The van der Waals surface area contributed by atoms with Gasteiger partial charge in [0, 0.05) is 54.2 Å². The molecule has 6 nitrogen and oxygen atoms in total. The SMILES string of the molecule is CCN(CC)C(=O)c1ccc(-c2cc(Nc3ccc(CN(C)C)cc3)c3cnccc3n2)cc1. The molecule has 0 aliphatic heterocycles. The summed E-state index contributed by atoms with van der Waals surface area (Å²) < 4.78 is 0. The molecule has 1 amide bonds. The minimum Gasteiger partial charge on any atom is -0.355 e. The zero-order chi connectivity index (χ0) is 24.1. The average molecular weight is 454 g/mol. The van der Waals surface area contributed by atoms with E-state index in [2.05, 4.69) is 53.6 Å². The Hall–Kier alpha value is -3.77. The second-order valence-electron chi connectivity index (χ2n) is 8.56. The van der Waals surface area contributed by atoms with Crippen molar-refractivity contribution in [1.82, 2.24) is 19.8 Å². The quantitative estimate of drug-likeness (QED) is 0.377. The first-order valence-corrected chi connectivity index (χ1v) is 11.6. The molecule has 0 fully saturated rings. The minimum absolute atomic E-state index is 0.0502. The second kappa shape index (κ2) is 10.4. The average Bonchev–Trinajstić information content (AvgIpc) is 2.85. The molecule has 0 bridgehead atoms. The van der Waals surface area contributed by atoms with Crippen LogP contribution in [0.3, 0.4) is 0 Å². The van der Waals surface area contributed by atoms with Crippen molar-refractivity contribution in [2.75, 3.05) is 32.5 Å². The van der Waals surface area contributed by atoms with E-state index in [9.17, 15) is 4.79 Å². The molecule has 34 heavy (non-hydrogen) atoms. The molecule has 0 saturated carbocycles. The van der Waals surface area contributed by atoms with Gasteiger partial charge in [-0.15, -0.1) is 0 Å². The van der Waals surface area contributed by atoms with Gasteiger partial charge in [0.05, 0.1) is 16.9 Å². The van der Waals surface area contributed by atoms with Gasteiger partial charge in [-0.2, -0.15) is 0 Å². The molecule has 0 spiro atoms. The number of nitrogens with zero attached hydrogens (tertiary/aromatic N) is 4. The van der Waals surface area contributed by atoms with Crippen LogP contribution in [0.15, 0.2) is 73.1 Å². The third-order valence-corrected chi connectivity index (χ3v) is 5.82. The smallest absolute Gasteiger partial charge is 0.253 e. The number of aromatic nitrogens is 2. The lowest BCUT2D eigenvalue weighted by atomic mass is 10.1. The summed E-state index contributed by atoms with van der Waals surface area (Å²) in [5.74, 6) is 0.0502. The third kappa shape index (κ3) is 5.24. The standard InChI is InChI=1S/C28H31N5O/c1-5-33(6-2)28(34)22-11-9-21(10-12-22)26-17-27(24-18-29-16-15-25(24)31-26)30-23-13-7-20(8-14-23)19-32(3)4/h7-18H,5-6,19H2,1-4H3,(H,30,31). The highest BCUT2D eigenvalue weighted by atomic mass is 16.2. The molecule has 174 valence electrons. The highest BCUT2D eigenvalue weighted by molar-refractivity contribution is 5.96. The van der Waals surface area contributed by atoms with Crippen molar-refractivity contribution >= 4 is 28.2 Å². The summed E-state index contributed by atoms with van der Waals surface area (Å²) in [6.45, 7) is 6.28. The van der Waals surface area contributed by atoms with Gasteiger partial charge in [-0.3, -0.25) is 9.78 Å². The monoisotopic (exact) mass is 453 g/mol. The molecule has 2 aromatic carbocycles. The summed E-state index contributed by atoms with van der Waals surface area (Å²) in [5.41, 5.74) is 6.56. The van der Waals surface area contributed by atoms with E-state index in [1.807, 2.05) is 61.3 Å². The Morgan fingerprint density at radius 1 is 0.941 bits per heavy atom. The van der Waals surface area contributed by atoms with Crippen molar-refractivity contribution in [3.63, 3.8) is 0 Å². The fraction of sp³-hybridized carbons (Fsp3) is 0.250. The van der Waals surface area contributed by atoms with Crippen molar-refractivity contribution in [2.45, 2.75) is 20.4 Å². The van der Waals surface area contributed by atoms with Gasteiger partial charge in [0.15, 0.2) is 0 Å². The van der Waals surface area contributed by atoms with Crippen molar-refractivity contribution < 1.29 is 4.79 Å². The fourth-order valence-corrected chi connectivity index (χ4v) is 4.01. The first-order valence-electron chi connectivity index (χ1n) is 11.6. The summed E-state index contributed by atoms with van der Waals surface area (Å²) in [6.07, 6.45) is 3.59. The zero-order valence-corrected chi connectivity index (χ0v) is 20.2. The maximum Gasteiger partial charge on any atom is 0.253 e. The van der Waals surface area contributed by atoms with E-state index in [0.717, 1.165) is 40.1 Å². The van der Waals surface area contributed by atoms with Crippen molar-refractivity contribution in [2.24, 2.45) is 0 Å². The Morgan fingerprint density at radius 3 is 2.29 bits per heavy atom. The number of rotatable bonds is 8. The normalized spacial score (nSPS) is 11.1. The van der Waals surface area contributed by atoms with Crippen molar-refractivity contribution in [3.05, 3.63) is 84.2 Å². The molecule has 4 rings (SSSR count). The molecule has 0 radical (unpaired) electrons. The number of amides is 1. The van der Waals surface area contributed by atoms with Crippen LogP contribution in [-0.2, 0) is 6.54 Å². The molecule has 0 atom stereocenters. The number of nitrogens with one attached hydrogen (secondary N) is 1. The molecular weight excluding hydrogens is 422 g/mol. The predicted octanol–water partition coefficient (Wildman–Crippen LogP) is 5.58. The Balaban J connectivity index is 1.65. The van der Waals surface area contributed by atoms with E-state index < -0.39 is 0 Å². The third-order valence-electron chi connectivity index (χ3n) is 5.82. The van der Waals surface area contributed by atoms with E-state index in [4.69, 9.17) is 4.98 Å². The first kappa shape index (κ1) is 23.4. The summed E-state index contributed by atoms with van der Waals surface area (Å²) in [4.78, 5) is 25.8. The number of pyridine rings is 2. The van der Waals surface area contributed by atoms with E-state index in [1.165, 1.54) is 5.56 Å². The summed E-state index contributed by atoms with van der Waals surface area (Å²) >= 11 is 0. The molecular formula is C28H31N5O. The van der Waals surface area contributed by atoms with E-state index >= 15 is 0 Å². The number of hydrogen-bond acceptors (Lipinski definition) is 5. The number of carbonyl (C=O) groups is 1. The van der Waals surface area contributed by atoms with E-state index in [1.54, 1.807) is 6.20 Å². The Bertz CT molecular complexity index is 1260. The molecule has 0 aliphatic rings. The molecule has 4 aromatic rings. The second-order valence-corrected chi connectivity index (χ2v) is 8.56. The molecule has 2 heterocycles. The molecule has 0 unspecified atom stereocenters. The van der Waals surface area contributed by atoms with Gasteiger partial charge >= 0.3 is 0 Å². The van der Waals surface area contributed by atoms with E-state index in [0.29, 0.717) is 18.7 Å². The van der Waals surface area contributed by atoms with Gasteiger partial charge in [0.1, 0.15) is 0 Å². The highest BCUT2D eigenvalue weighted by Gasteiger charge is 2.13. The number of benzene rings is 2. The van der Waals surface area contributed by atoms with Gasteiger partial charge < -0.3 is 15.1 Å². The number of anilines is 2. The topological polar surface area (TPSA) is 61.4 Å². The Kier molecular flexibility index (Phi) is 7.18. The minimum atomic E-state index is 0.0502.